The summed E-state index contributed by atoms with van der Waals surface area (Å²) in [7, 11) is 0. The summed E-state index contributed by atoms with van der Waals surface area (Å²) < 4.78 is 11.3. The first-order chi connectivity index (χ1) is 14.5. The molecular weight excluding hydrogens is 386 g/mol. The number of carbonyl (C=O) groups excluding carboxylic acids is 3. The first-order valence-corrected chi connectivity index (χ1v) is 9.90. The number of amides is 3. The van der Waals surface area contributed by atoms with Gasteiger partial charge in [-0.3, -0.25) is 14.4 Å². The number of benzene rings is 2. The van der Waals surface area contributed by atoms with Gasteiger partial charge < -0.3 is 25.0 Å². The molecular formula is C22H23N3O5. The van der Waals surface area contributed by atoms with E-state index in [2.05, 4.69) is 10.6 Å². The van der Waals surface area contributed by atoms with Gasteiger partial charge in [-0.25, -0.2) is 0 Å². The number of likely N-dealkylation sites (tertiary alicyclic amines) is 1. The summed E-state index contributed by atoms with van der Waals surface area (Å²) in [5.41, 5.74) is 0.961. The molecule has 0 aromatic heterocycles. The highest BCUT2D eigenvalue weighted by Crippen LogP contribution is 2.30. The van der Waals surface area contributed by atoms with Crippen LogP contribution in [0, 0.1) is 0 Å². The highest BCUT2D eigenvalue weighted by molar-refractivity contribution is 6.39. The number of ether oxygens (including phenoxy) is 2. The molecule has 2 atom stereocenters. The molecule has 1 fully saturated rings. The maximum atomic E-state index is 12.7. The average Bonchev–Trinajstić information content (AvgIpc) is 2.74. The van der Waals surface area contributed by atoms with Gasteiger partial charge in [-0.15, -0.1) is 0 Å². The van der Waals surface area contributed by atoms with Gasteiger partial charge in [0, 0.05) is 37.2 Å². The first-order valence-electron chi connectivity index (χ1n) is 9.90. The molecule has 1 saturated heterocycles. The van der Waals surface area contributed by atoms with Gasteiger partial charge in [0.15, 0.2) is 6.61 Å². The van der Waals surface area contributed by atoms with E-state index in [1.54, 1.807) is 23.1 Å². The highest BCUT2D eigenvalue weighted by Gasteiger charge is 2.33. The van der Waals surface area contributed by atoms with Gasteiger partial charge >= 0.3 is 11.8 Å². The van der Waals surface area contributed by atoms with Crippen molar-refractivity contribution >= 4 is 29.1 Å². The molecule has 156 valence electrons. The lowest BCUT2D eigenvalue weighted by Crippen LogP contribution is -2.50. The Bertz CT molecular complexity index is 963. The number of hydrogen-bond acceptors (Lipinski definition) is 5. The zero-order valence-electron chi connectivity index (χ0n) is 16.6. The average molecular weight is 409 g/mol. The van der Waals surface area contributed by atoms with E-state index < -0.39 is 11.8 Å². The van der Waals surface area contributed by atoms with E-state index in [0.29, 0.717) is 36.5 Å². The van der Waals surface area contributed by atoms with Gasteiger partial charge in [-0.1, -0.05) is 18.2 Å². The molecule has 2 heterocycles. The van der Waals surface area contributed by atoms with E-state index in [1.165, 1.54) is 0 Å². The molecule has 2 aliphatic rings. The fraction of sp³-hybridized carbons (Fsp3) is 0.318. The van der Waals surface area contributed by atoms with Gasteiger partial charge in [0.1, 0.15) is 17.6 Å². The number of rotatable bonds is 3. The molecule has 0 aliphatic carbocycles. The molecule has 0 bridgehead atoms. The minimum absolute atomic E-state index is 0.00233. The van der Waals surface area contributed by atoms with Crippen LogP contribution in [0.15, 0.2) is 48.5 Å². The lowest BCUT2D eigenvalue weighted by molar-refractivity contribution is -0.146. The summed E-state index contributed by atoms with van der Waals surface area (Å²) in [5, 5.41) is 5.30. The van der Waals surface area contributed by atoms with E-state index in [9.17, 15) is 14.4 Å². The fourth-order valence-corrected chi connectivity index (χ4v) is 3.70. The third-order valence-electron chi connectivity index (χ3n) is 5.20. The van der Waals surface area contributed by atoms with Crippen LogP contribution in [0.3, 0.4) is 0 Å². The van der Waals surface area contributed by atoms with Crippen LogP contribution in [0.5, 0.6) is 11.5 Å². The Hall–Kier alpha value is -3.55. The molecule has 0 saturated carbocycles. The third-order valence-corrected chi connectivity index (χ3v) is 5.20. The van der Waals surface area contributed by atoms with Gasteiger partial charge in [0.2, 0.25) is 0 Å². The quantitative estimate of drug-likeness (QED) is 0.759. The highest BCUT2D eigenvalue weighted by atomic mass is 16.5. The lowest BCUT2D eigenvalue weighted by Gasteiger charge is -2.37. The van der Waals surface area contributed by atoms with Crippen LogP contribution in [-0.2, 0) is 14.4 Å². The molecule has 2 aromatic rings. The standard InChI is InChI=1S/C22H23N3O5/c1-14-11-17(30-16-5-3-2-4-6-16)9-10-25(14)22(28)21(27)23-15-7-8-18-19(12-15)29-13-20(26)24-18/h2-8,12,14,17H,9-11,13H2,1H3,(H,23,27)(H,24,26). The number of nitrogens with one attached hydrogen (secondary N) is 2. The number of nitrogens with zero attached hydrogens (tertiary/aromatic N) is 1. The molecule has 3 amide bonds. The predicted octanol–water partition coefficient (Wildman–Crippen LogP) is 2.41. The van der Waals surface area contributed by atoms with Crippen molar-refractivity contribution < 1.29 is 23.9 Å². The van der Waals surface area contributed by atoms with Gasteiger partial charge in [-0.2, -0.15) is 0 Å². The van der Waals surface area contributed by atoms with Gasteiger partial charge in [0.05, 0.1) is 5.69 Å². The molecule has 2 unspecified atom stereocenters. The third kappa shape index (κ3) is 4.37. The Kier molecular flexibility index (Phi) is 5.56. The van der Waals surface area contributed by atoms with Crippen molar-refractivity contribution in [1.29, 1.82) is 0 Å². The summed E-state index contributed by atoms with van der Waals surface area (Å²) in [6, 6.07) is 14.3. The van der Waals surface area contributed by atoms with Crippen molar-refractivity contribution in [3.05, 3.63) is 48.5 Å². The molecule has 8 heteroatoms. The zero-order valence-corrected chi connectivity index (χ0v) is 16.6. The molecule has 30 heavy (non-hydrogen) atoms. The maximum absolute atomic E-state index is 12.7. The number of anilines is 2. The molecule has 2 aromatic carbocycles. The van der Waals surface area contributed by atoms with Crippen molar-refractivity contribution in [2.24, 2.45) is 0 Å². The second kappa shape index (κ2) is 8.44. The van der Waals surface area contributed by atoms with Crippen molar-refractivity contribution in [3.8, 4) is 11.5 Å². The summed E-state index contributed by atoms with van der Waals surface area (Å²) in [6.07, 6.45) is 1.31. The Labute approximate surface area is 174 Å². The van der Waals surface area contributed by atoms with Crippen molar-refractivity contribution in [3.63, 3.8) is 0 Å². The van der Waals surface area contributed by atoms with Crippen LogP contribution < -0.4 is 20.1 Å². The minimum Gasteiger partial charge on any atom is -0.490 e. The van der Waals surface area contributed by atoms with Crippen molar-refractivity contribution in [2.75, 3.05) is 23.8 Å². The normalized spacial score (nSPS) is 20.4. The van der Waals surface area contributed by atoms with Crippen LogP contribution in [0.4, 0.5) is 11.4 Å². The Balaban J connectivity index is 1.34. The van der Waals surface area contributed by atoms with Gasteiger partial charge in [0.25, 0.3) is 5.91 Å². The zero-order chi connectivity index (χ0) is 21.1. The largest absolute Gasteiger partial charge is 0.490 e. The Morgan fingerprint density at radius 2 is 2.00 bits per heavy atom. The number of piperidine rings is 1. The number of carbonyl (C=O) groups is 3. The predicted molar refractivity (Wildman–Crippen MR) is 110 cm³/mol. The molecule has 0 spiro atoms. The smallest absolute Gasteiger partial charge is 0.313 e. The molecule has 8 nitrogen and oxygen atoms in total. The van der Waals surface area contributed by atoms with Crippen LogP contribution in [0.1, 0.15) is 19.8 Å². The van der Waals surface area contributed by atoms with E-state index in [-0.39, 0.29) is 24.7 Å². The van der Waals surface area contributed by atoms with Crippen LogP contribution in [0.25, 0.3) is 0 Å². The monoisotopic (exact) mass is 409 g/mol. The van der Waals surface area contributed by atoms with Crippen LogP contribution in [0.2, 0.25) is 0 Å². The van der Waals surface area contributed by atoms with Crippen LogP contribution in [-0.4, -0.2) is 47.9 Å². The molecule has 2 aliphatic heterocycles. The summed E-state index contributed by atoms with van der Waals surface area (Å²) in [6.45, 7) is 2.28. The van der Waals surface area contributed by atoms with E-state index in [4.69, 9.17) is 9.47 Å². The first kappa shape index (κ1) is 19.8. The molecule has 2 N–H and O–H groups in total. The summed E-state index contributed by atoms with van der Waals surface area (Å²) >= 11 is 0. The number of fused-ring (bicyclic) bond motifs is 1. The number of para-hydroxylation sites is 1. The number of hydrogen-bond donors (Lipinski definition) is 2. The SMILES string of the molecule is CC1CC(Oc2ccccc2)CCN1C(=O)C(=O)Nc1ccc2c(c1)OCC(=O)N2. The maximum Gasteiger partial charge on any atom is 0.313 e. The Morgan fingerprint density at radius 1 is 1.20 bits per heavy atom. The van der Waals surface area contributed by atoms with E-state index in [0.717, 1.165) is 5.75 Å². The second-order valence-electron chi connectivity index (χ2n) is 7.43. The summed E-state index contributed by atoms with van der Waals surface area (Å²) in [5.74, 6) is -0.259. The van der Waals surface area contributed by atoms with Crippen molar-refractivity contribution in [1.82, 2.24) is 4.90 Å². The van der Waals surface area contributed by atoms with Gasteiger partial charge in [-0.05, 0) is 31.2 Å². The second-order valence-corrected chi connectivity index (χ2v) is 7.43. The fourth-order valence-electron chi connectivity index (χ4n) is 3.70. The lowest BCUT2D eigenvalue weighted by atomic mass is 10.0. The van der Waals surface area contributed by atoms with Crippen molar-refractivity contribution in [2.45, 2.75) is 31.9 Å². The van der Waals surface area contributed by atoms with Crippen LogP contribution >= 0.6 is 0 Å². The molecule has 0 radical (unpaired) electrons. The minimum atomic E-state index is -0.705. The Morgan fingerprint density at radius 3 is 2.77 bits per heavy atom. The van der Waals surface area contributed by atoms with E-state index in [1.807, 2.05) is 37.3 Å². The van der Waals surface area contributed by atoms with E-state index >= 15 is 0 Å². The topological polar surface area (TPSA) is 97.0 Å². The summed E-state index contributed by atoms with van der Waals surface area (Å²) in [4.78, 5) is 38.1. The molecule has 4 rings (SSSR count).